The van der Waals surface area contributed by atoms with Crippen molar-refractivity contribution in [2.75, 3.05) is 6.26 Å². The van der Waals surface area contributed by atoms with Gasteiger partial charge in [0.1, 0.15) is 11.4 Å². The summed E-state index contributed by atoms with van der Waals surface area (Å²) in [4.78, 5) is 12.7. The van der Waals surface area contributed by atoms with Gasteiger partial charge in [0.05, 0.1) is 16.8 Å². The molecule has 2 aromatic carbocycles. The van der Waals surface area contributed by atoms with E-state index in [1.807, 2.05) is 44.4 Å². The van der Waals surface area contributed by atoms with Crippen molar-refractivity contribution in [3.05, 3.63) is 64.1 Å². The Labute approximate surface area is 204 Å². The zero-order valence-corrected chi connectivity index (χ0v) is 21.6. The minimum Gasteiger partial charge on any atom is -0.460 e. The van der Waals surface area contributed by atoms with E-state index < -0.39 is 21.3 Å². The monoisotopic (exact) mass is 505 g/mol. The third-order valence-corrected chi connectivity index (χ3v) is 7.67. The molecule has 2 unspecified atom stereocenters. The number of sulfone groups is 1. The van der Waals surface area contributed by atoms with Gasteiger partial charge in [-0.3, -0.25) is 4.79 Å². The summed E-state index contributed by atoms with van der Waals surface area (Å²) >= 11 is 6.09. The molecule has 34 heavy (non-hydrogen) atoms. The number of aryl methyl sites for hydroxylation is 1. The van der Waals surface area contributed by atoms with Gasteiger partial charge in [-0.05, 0) is 62.6 Å². The van der Waals surface area contributed by atoms with Crippen molar-refractivity contribution in [2.45, 2.75) is 69.4 Å². The predicted molar refractivity (Wildman–Crippen MR) is 132 cm³/mol. The first-order valence-electron chi connectivity index (χ1n) is 11.3. The van der Waals surface area contributed by atoms with Crippen molar-refractivity contribution in [3.8, 4) is 0 Å². The summed E-state index contributed by atoms with van der Waals surface area (Å²) in [6.07, 6.45) is 1.96. The van der Waals surface area contributed by atoms with Crippen molar-refractivity contribution in [3.63, 3.8) is 0 Å². The molecule has 3 aromatic rings. The summed E-state index contributed by atoms with van der Waals surface area (Å²) in [6.45, 7) is 8.04. The molecule has 0 saturated carbocycles. The van der Waals surface area contributed by atoms with Crippen LogP contribution in [0.5, 0.6) is 0 Å². The molecule has 0 spiro atoms. The van der Waals surface area contributed by atoms with E-state index in [1.54, 1.807) is 12.1 Å². The molecule has 1 aromatic heterocycles. The molecular weight excluding hydrogens is 477 g/mol. The van der Waals surface area contributed by atoms with Crippen LogP contribution in [0.3, 0.4) is 0 Å². The fourth-order valence-corrected chi connectivity index (χ4v) is 6.03. The first-order chi connectivity index (χ1) is 15.8. The number of hydrogen-bond donors (Lipinski definition) is 0. The highest BCUT2D eigenvalue weighted by molar-refractivity contribution is 7.91. The maximum Gasteiger partial charge on any atom is 0.306 e. The van der Waals surface area contributed by atoms with Crippen molar-refractivity contribution in [1.29, 1.82) is 0 Å². The molecule has 0 amide bonds. The summed E-state index contributed by atoms with van der Waals surface area (Å²) in [5.41, 5.74) is 2.57. The number of benzene rings is 2. The first kappa shape index (κ1) is 24.7. The third-order valence-electron chi connectivity index (χ3n) is 6.30. The van der Waals surface area contributed by atoms with Crippen LogP contribution in [0.4, 0.5) is 4.39 Å². The summed E-state index contributed by atoms with van der Waals surface area (Å²) in [7, 11) is -3.72. The lowest BCUT2D eigenvalue weighted by Crippen LogP contribution is -2.24. The van der Waals surface area contributed by atoms with Crippen LogP contribution in [0.15, 0.2) is 41.3 Å². The van der Waals surface area contributed by atoms with Gasteiger partial charge >= 0.3 is 5.97 Å². The average Bonchev–Trinajstić information content (AvgIpc) is 3.24. The van der Waals surface area contributed by atoms with Crippen molar-refractivity contribution >= 4 is 38.3 Å². The standard InChI is InChI=1S/C26H29ClFNO4S/c1-15(16-6-8-18(27)9-7-16)23-24-20(13-19(28)14-21(24)34(5,31)32)29-11-10-17(25(23)29)12-22(30)33-26(2,3)4/h6-9,13-15,17H,10-12H2,1-5H3. The van der Waals surface area contributed by atoms with Gasteiger partial charge in [-0.25, -0.2) is 12.8 Å². The number of rotatable bonds is 5. The second kappa shape index (κ2) is 8.68. The van der Waals surface area contributed by atoms with Gasteiger partial charge < -0.3 is 9.30 Å². The van der Waals surface area contributed by atoms with Crippen molar-refractivity contribution in [1.82, 2.24) is 4.57 Å². The molecule has 0 radical (unpaired) electrons. The number of fused-ring (bicyclic) bond motifs is 3. The lowest BCUT2D eigenvalue weighted by atomic mass is 9.86. The van der Waals surface area contributed by atoms with Gasteiger partial charge in [0.25, 0.3) is 0 Å². The van der Waals surface area contributed by atoms with E-state index in [4.69, 9.17) is 16.3 Å². The molecule has 5 nitrogen and oxygen atoms in total. The maximum absolute atomic E-state index is 14.6. The number of nitrogens with zero attached hydrogens (tertiary/aromatic N) is 1. The highest BCUT2D eigenvalue weighted by Crippen LogP contribution is 2.47. The molecular formula is C26H29ClFNO4S. The Kier molecular flexibility index (Phi) is 6.32. The van der Waals surface area contributed by atoms with E-state index in [0.29, 0.717) is 28.9 Å². The fraction of sp³-hybridized carbons (Fsp3) is 0.423. The SMILES string of the molecule is CC(c1ccc(Cl)cc1)c1c2n(c3cc(F)cc(S(C)(=O)=O)c13)CCC2CC(=O)OC(C)(C)C. The molecule has 8 heteroatoms. The van der Waals surface area contributed by atoms with Crippen LogP contribution in [0.25, 0.3) is 10.9 Å². The van der Waals surface area contributed by atoms with E-state index in [1.165, 1.54) is 6.07 Å². The minimum absolute atomic E-state index is 0.0313. The first-order valence-corrected chi connectivity index (χ1v) is 13.6. The predicted octanol–water partition coefficient (Wildman–Crippen LogP) is 6.21. The highest BCUT2D eigenvalue weighted by atomic mass is 35.5. The van der Waals surface area contributed by atoms with Gasteiger partial charge in [-0.1, -0.05) is 30.7 Å². The topological polar surface area (TPSA) is 65.4 Å². The number of carbonyl (C=O) groups excluding carboxylic acids is 1. The van der Waals surface area contributed by atoms with Crippen LogP contribution in [0.2, 0.25) is 5.02 Å². The maximum atomic E-state index is 14.6. The Hall–Kier alpha value is -2.38. The van der Waals surface area contributed by atoms with Crippen LogP contribution in [-0.4, -0.2) is 30.8 Å². The number of carbonyl (C=O) groups is 1. The number of halogens is 2. The van der Waals surface area contributed by atoms with Gasteiger partial charge in [-0.2, -0.15) is 0 Å². The smallest absolute Gasteiger partial charge is 0.306 e. The zero-order chi connectivity index (χ0) is 25.0. The summed E-state index contributed by atoms with van der Waals surface area (Å²) in [5, 5.41) is 1.12. The molecule has 0 bridgehead atoms. The van der Waals surface area contributed by atoms with Gasteiger partial charge in [-0.15, -0.1) is 0 Å². The minimum atomic E-state index is -3.72. The van der Waals surface area contributed by atoms with Gasteiger partial charge in [0, 0.05) is 40.7 Å². The molecule has 1 aliphatic heterocycles. The molecule has 2 atom stereocenters. The molecule has 1 aliphatic rings. The Balaban J connectivity index is 1.96. The largest absolute Gasteiger partial charge is 0.460 e. The van der Waals surface area contributed by atoms with Crippen molar-refractivity contribution < 1.29 is 22.3 Å². The molecule has 182 valence electrons. The number of aromatic nitrogens is 1. The molecule has 0 N–H and O–H groups in total. The van der Waals surface area contributed by atoms with E-state index >= 15 is 0 Å². The number of ether oxygens (including phenoxy) is 1. The quantitative estimate of drug-likeness (QED) is 0.387. The van der Waals surface area contributed by atoms with Crippen molar-refractivity contribution in [2.24, 2.45) is 0 Å². The summed E-state index contributed by atoms with van der Waals surface area (Å²) in [6, 6.07) is 9.88. The third kappa shape index (κ3) is 4.73. The highest BCUT2D eigenvalue weighted by Gasteiger charge is 2.36. The van der Waals surface area contributed by atoms with Crippen LogP contribution in [0, 0.1) is 5.82 Å². The average molecular weight is 506 g/mol. The van der Waals surface area contributed by atoms with E-state index in [2.05, 4.69) is 0 Å². The van der Waals surface area contributed by atoms with Crippen LogP contribution in [-0.2, 0) is 25.9 Å². The summed E-state index contributed by atoms with van der Waals surface area (Å²) < 4.78 is 47.6. The molecule has 0 fully saturated rings. The Morgan fingerprint density at radius 2 is 1.88 bits per heavy atom. The molecule has 4 rings (SSSR count). The van der Waals surface area contributed by atoms with E-state index in [-0.39, 0.29) is 29.1 Å². The Morgan fingerprint density at radius 3 is 2.47 bits per heavy atom. The molecule has 0 aliphatic carbocycles. The second-order valence-corrected chi connectivity index (χ2v) is 12.5. The van der Waals surface area contributed by atoms with Gasteiger partial charge in [0.2, 0.25) is 0 Å². The Bertz CT molecular complexity index is 1370. The van der Waals surface area contributed by atoms with Gasteiger partial charge in [0.15, 0.2) is 9.84 Å². The normalized spacial score (nSPS) is 17.1. The van der Waals surface area contributed by atoms with Crippen LogP contribution in [0.1, 0.15) is 69.2 Å². The lowest BCUT2D eigenvalue weighted by Gasteiger charge is -2.22. The lowest BCUT2D eigenvalue weighted by molar-refractivity contribution is -0.155. The summed E-state index contributed by atoms with van der Waals surface area (Å²) in [5.74, 6) is -1.28. The van der Waals surface area contributed by atoms with E-state index in [0.717, 1.165) is 29.1 Å². The number of hydrogen-bond acceptors (Lipinski definition) is 4. The molecule has 0 saturated heterocycles. The second-order valence-electron chi connectivity index (χ2n) is 10.1. The Morgan fingerprint density at radius 1 is 1.24 bits per heavy atom. The van der Waals surface area contributed by atoms with Crippen LogP contribution < -0.4 is 0 Å². The van der Waals surface area contributed by atoms with E-state index in [9.17, 15) is 17.6 Å². The zero-order valence-electron chi connectivity index (χ0n) is 20.0. The molecule has 2 heterocycles. The number of esters is 1. The fourth-order valence-electron chi connectivity index (χ4n) is 4.99. The van der Waals surface area contributed by atoms with Crippen LogP contribution >= 0.6 is 11.6 Å².